The molecule has 1 N–H and O–H groups in total. The first kappa shape index (κ1) is 18.6. The molecule has 128 valence electrons. The van der Waals surface area contributed by atoms with Crippen molar-refractivity contribution in [3.8, 4) is 0 Å². The molecule has 0 unspecified atom stereocenters. The maximum absolute atomic E-state index is 12.9. The smallest absolute Gasteiger partial charge is 0.325 e. The normalized spacial score (nSPS) is 11.4. The Hall–Kier alpha value is -1.73. The molecule has 0 heterocycles. The minimum absolute atomic E-state index is 0.0305. The number of anilines is 1. The lowest BCUT2D eigenvalue weighted by molar-refractivity contribution is -0.137. The summed E-state index contributed by atoms with van der Waals surface area (Å²) in [4.78, 5) is 11.8. The van der Waals surface area contributed by atoms with Crippen LogP contribution in [0.15, 0.2) is 42.5 Å². The summed E-state index contributed by atoms with van der Waals surface area (Å²) in [5.74, 6) is -0.503. The van der Waals surface area contributed by atoms with Crippen molar-refractivity contribution in [2.24, 2.45) is 0 Å². The molecule has 0 aliphatic heterocycles. The molecule has 2 aromatic carbocycles. The van der Waals surface area contributed by atoms with Crippen LogP contribution in [0, 0.1) is 5.82 Å². The quantitative estimate of drug-likeness (QED) is 0.710. The van der Waals surface area contributed by atoms with Gasteiger partial charge in [0.2, 0.25) is 5.91 Å². The second-order valence-corrected chi connectivity index (χ2v) is 6.28. The van der Waals surface area contributed by atoms with Gasteiger partial charge in [0.1, 0.15) is 5.82 Å². The third-order valence-electron chi connectivity index (χ3n) is 2.98. The Morgan fingerprint density at radius 2 is 1.79 bits per heavy atom. The van der Waals surface area contributed by atoms with Gasteiger partial charge in [-0.15, -0.1) is 11.8 Å². The third kappa shape index (κ3) is 5.42. The molecule has 0 radical (unpaired) electrons. The van der Waals surface area contributed by atoms with E-state index in [-0.39, 0.29) is 22.3 Å². The van der Waals surface area contributed by atoms with Crippen LogP contribution in [0.2, 0.25) is 5.02 Å². The highest BCUT2D eigenvalue weighted by molar-refractivity contribution is 7.99. The fraction of sp³-hybridized carbons (Fsp3) is 0.188. The number of thioether (sulfide) groups is 1. The molecule has 0 atom stereocenters. The molecule has 0 saturated carbocycles. The summed E-state index contributed by atoms with van der Waals surface area (Å²) in [5, 5.41) is 2.18. The van der Waals surface area contributed by atoms with Crippen LogP contribution in [0.4, 0.5) is 23.2 Å². The van der Waals surface area contributed by atoms with Gasteiger partial charge in [0, 0.05) is 10.8 Å². The minimum Gasteiger partial charge on any atom is -0.325 e. The van der Waals surface area contributed by atoms with E-state index >= 15 is 0 Å². The van der Waals surface area contributed by atoms with Gasteiger partial charge in [0.25, 0.3) is 0 Å². The predicted octanol–water partition coefficient (Wildman–Crippen LogP) is 5.37. The van der Waals surface area contributed by atoms with Gasteiger partial charge in [-0.3, -0.25) is 4.79 Å². The highest BCUT2D eigenvalue weighted by Gasteiger charge is 2.34. The number of rotatable bonds is 5. The standard InChI is InChI=1S/C16H12ClF4NOS/c17-11-3-6-14(13(7-11)16(19,20)21)22-15(23)9-24-8-10-1-4-12(18)5-2-10/h1-7H,8-9H2,(H,22,23). The number of hydrogen-bond donors (Lipinski definition) is 1. The molecule has 24 heavy (non-hydrogen) atoms. The third-order valence-corrected chi connectivity index (χ3v) is 4.22. The summed E-state index contributed by atoms with van der Waals surface area (Å²) in [7, 11) is 0. The first-order valence-corrected chi connectivity index (χ1v) is 8.28. The Balaban J connectivity index is 1.94. The molecule has 0 bridgehead atoms. The molecular weight excluding hydrogens is 366 g/mol. The summed E-state index contributed by atoms with van der Waals surface area (Å²) >= 11 is 6.79. The topological polar surface area (TPSA) is 29.1 Å². The van der Waals surface area contributed by atoms with Gasteiger partial charge >= 0.3 is 6.18 Å². The number of benzene rings is 2. The van der Waals surface area contributed by atoms with Crippen molar-refractivity contribution in [2.75, 3.05) is 11.1 Å². The van der Waals surface area contributed by atoms with Crippen molar-refractivity contribution < 1.29 is 22.4 Å². The second kappa shape index (κ2) is 7.90. The van der Waals surface area contributed by atoms with Crippen LogP contribution in [-0.4, -0.2) is 11.7 Å². The van der Waals surface area contributed by atoms with Gasteiger partial charge in [-0.05, 0) is 35.9 Å². The number of alkyl halides is 3. The number of nitrogens with one attached hydrogen (secondary N) is 1. The molecule has 0 saturated heterocycles. The van der Waals surface area contributed by atoms with Crippen LogP contribution >= 0.6 is 23.4 Å². The summed E-state index contributed by atoms with van der Waals surface area (Å²) in [6, 6.07) is 8.94. The van der Waals surface area contributed by atoms with E-state index in [0.29, 0.717) is 5.75 Å². The van der Waals surface area contributed by atoms with Gasteiger partial charge in [-0.25, -0.2) is 4.39 Å². The van der Waals surface area contributed by atoms with Crippen molar-refractivity contribution in [1.82, 2.24) is 0 Å². The van der Waals surface area contributed by atoms with Gasteiger partial charge < -0.3 is 5.32 Å². The summed E-state index contributed by atoms with van der Waals surface area (Å²) < 4.78 is 51.6. The SMILES string of the molecule is O=C(CSCc1ccc(F)cc1)Nc1ccc(Cl)cc1C(F)(F)F. The van der Waals surface area contributed by atoms with Crippen LogP contribution in [-0.2, 0) is 16.7 Å². The van der Waals surface area contributed by atoms with E-state index in [2.05, 4.69) is 5.32 Å². The van der Waals surface area contributed by atoms with Gasteiger partial charge in [0.05, 0.1) is 17.0 Å². The fourth-order valence-electron chi connectivity index (χ4n) is 1.89. The van der Waals surface area contributed by atoms with Crippen molar-refractivity contribution >= 4 is 35.0 Å². The van der Waals surface area contributed by atoms with Crippen LogP contribution in [0.5, 0.6) is 0 Å². The lowest BCUT2D eigenvalue weighted by atomic mass is 10.1. The summed E-state index contributed by atoms with van der Waals surface area (Å²) in [5.41, 5.74) is -0.511. The van der Waals surface area contributed by atoms with Crippen LogP contribution in [0.3, 0.4) is 0 Å². The number of hydrogen-bond acceptors (Lipinski definition) is 2. The predicted molar refractivity (Wildman–Crippen MR) is 87.6 cm³/mol. The molecular formula is C16H12ClF4NOS. The number of carbonyl (C=O) groups is 1. The van der Waals surface area contributed by atoms with Crippen molar-refractivity contribution in [2.45, 2.75) is 11.9 Å². The monoisotopic (exact) mass is 377 g/mol. The zero-order chi connectivity index (χ0) is 17.7. The highest BCUT2D eigenvalue weighted by atomic mass is 35.5. The van der Waals surface area contributed by atoms with E-state index in [1.807, 2.05) is 0 Å². The lowest BCUT2D eigenvalue weighted by Crippen LogP contribution is -2.18. The average Bonchev–Trinajstić information content (AvgIpc) is 2.50. The van der Waals surface area contributed by atoms with Crippen molar-refractivity contribution in [3.63, 3.8) is 0 Å². The molecule has 2 aromatic rings. The highest BCUT2D eigenvalue weighted by Crippen LogP contribution is 2.36. The summed E-state index contributed by atoms with van der Waals surface area (Å²) in [6.45, 7) is 0. The maximum Gasteiger partial charge on any atom is 0.418 e. The number of carbonyl (C=O) groups excluding carboxylic acids is 1. The maximum atomic E-state index is 12.9. The van der Waals surface area contributed by atoms with E-state index < -0.39 is 17.6 Å². The van der Waals surface area contributed by atoms with E-state index in [9.17, 15) is 22.4 Å². The van der Waals surface area contributed by atoms with E-state index in [1.165, 1.54) is 30.0 Å². The van der Waals surface area contributed by atoms with E-state index in [1.54, 1.807) is 12.1 Å². The summed E-state index contributed by atoms with van der Waals surface area (Å²) in [6.07, 6.45) is -4.62. The fourth-order valence-corrected chi connectivity index (χ4v) is 2.85. The van der Waals surface area contributed by atoms with Crippen LogP contribution in [0.1, 0.15) is 11.1 Å². The lowest BCUT2D eigenvalue weighted by Gasteiger charge is -2.14. The number of halogens is 5. The van der Waals surface area contributed by atoms with Gasteiger partial charge in [-0.2, -0.15) is 13.2 Å². The Bertz CT molecular complexity index is 719. The first-order chi connectivity index (χ1) is 11.3. The molecule has 0 spiro atoms. The molecule has 2 rings (SSSR count). The molecule has 2 nitrogen and oxygen atoms in total. The van der Waals surface area contributed by atoms with Crippen LogP contribution < -0.4 is 5.32 Å². The van der Waals surface area contributed by atoms with Gasteiger partial charge in [-0.1, -0.05) is 23.7 Å². The Morgan fingerprint density at radius 3 is 2.42 bits per heavy atom. The molecule has 8 heteroatoms. The van der Waals surface area contributed by atoms with Crippen molar-refractivity contribution in [3.05, 3.63) is 64.4 Å². The molecule has 1 amide bonds. The Labute approximate surface area is 145 Å². The molecule has 0 aliphatic carbocycles. The number of amides is 1. The Kier molecular flexibility index (Phi) is 6.12. The van der Waals surface area contributed by atoms with E-state index in [0.717, 1.165) is 17.7 Å². The Morgan fingerprint density at radius 1 is 1.12 bits per heavy atom. The first-order valence-electron chi connectivity index (χ1n) is 6.74. The minimum atomic E-state index is -4.62. The van der Waals surface area contributed by atoms with Crippen molar-refractivity contribution in [1.29, 1.82) is 0 Å². The van der Waals surface area contributed by atoms with Gasteiger partial charge in [0.15, 0.2) is 0 Å². The second-order valence-electron chi connectivity index (χ2n) is 4.86. The molecule has 0 fully saturated rings. The zero-order valence-electron chi connectivity index (χ0n) is 12.2. The van der Waals surface area contributed by atoms with E-state index in [4.69, 9.17) is 11.6 Å². The molecule has 0 aliphatic rings. The zero-order valence-corrected chi connectivity index (χ0v) is 13.7. The average molecular weight is 378 g/mol. The van der Waals surface area contributed by atoms with Crippen LogP contribution in [0.25, 0.3) is 0 Å². The molecule has 0 aromatic heterocycles. The largest absolute Gasteiger partial charge is 0.418 e.